The van der Waals surface area contributed by atoms with Crippen molar-refractivity contribution >= 4 is 0 Å². The van der Waals surface area contributed by atoms with Gasteiger partial charge in [-0.3, -0.25) is 0 Å². The second-order valence-electron chi connectivity index (χ2n) is 5.30. The van der Waals surface area contributed by atoms with Crippen LogP contribution in [0.5, 0.6) is 17.2 Å². The van der Waals surface area contributed by atoms with E-state index in [1.807, 2.05) is 12.1 Å². The van der Waals surface area contributed by atoms with Crippen molar-refractivity contribution in [3.63, 3.8) is 0 Å². The Morgan fingerprint density at radius 1 is 1.25 bits per heavy atom. The van der Waals surface area contributed by atoms with E-state index in [0.29, 0.717) is 12.7 Å². The molecule has 0 saturated heterocycles. The van der Waals surface area contributed by atoms with Gasteiger partial charge in [0, 0.05) is 18.2 Å². The molecule has 1 aromatic carbocycles. The molecule has 0 saturated carbocycles. The molecule has 1 aromatic rings. The van der Waals surface area contributed by atoms with Gasteiger partial charge < -0.3 is 19.5 Å². The number of ether oxygens (including phenoxy) is 3. The fraction of sp³-hybridized carbons (Fsp3) is 0.625. The number of fused-ring (bicyclic) bond motifs is 1. The van der Waals surface area contributed by atoms with Gasteiger partial charge in [0.05, 0.1) is 6.61 Å². The molecule has 112 valence electrons. The molecule has 1 N–H and O–H groups in total. The molecule has 1 atom stereocenters. The Kier molecular flexibility index (Phi) is 5.53. The molecular weight excluding hydrogens is 254 g/mol. The number of hydrogen-bond donors (Lipinski definition) is 1. The molecule has 0 aliphatic carbocycles. The fourth-order valence-corrected chi connectivity index (χ4v) is 2.31. The summed E-state index contributed by atoms with van der Waals surface area (Å²) in [6.07, 6.45) is 2.38. The largest absolute Gasteiger partial charge is 0.493 e. The first-order valence-corrected chi connectivity index (χ1v) is 7.50. The van der Waals surface area contributed by atoms with Gasteiger partial charge in [0.1, 0.15) is 5.75 Å². The zero-order valence-corrected chi connectivity index (χ0v) is 12.7. The summed E-state index contributed by atoms with van der Waals surface area (Å²) in [6, 6.07) is 3.97. The first kappa shape index (κ1) is 15.0. The Hall–Kier alpha value is -1.42. The molecule has 0 spiro atoms. The Bertz CT molecular complexity index is 434. The van der Waals surface area contributed by atoms with Gasteiger partial charge in [-0.2, -0.15) is 0 Å². The van der Waals surface area contributed by atoms with E-state index in [1.54, 1.807) is 0 Å². The number of hydrogen-bond acceptors (Lipinski definition) is 4. The Balaban J connectivity index is 2.08. The second kappa shape index (κ2) is 7.39. The quantitative estimate of drug-likeness (QED) is 0.792. The van der Waals surface area contributed by atoms with Crippen LogP contribution in [-0.2, 0) is 6.54 Å². The summed E-state index contributed by atoms with van der Waals surface area (Å²) < 4.78 is 16.9. The summed E-state index contributed by atoms with van der Waals surface area (Å²) in [7, 11) is 0. The van der Waals surface area contributed by atoms with Gasteiger partial charge in [-0.25, -0.2) is 0 Å². The number of benzene rings is 1. The van der Waals surface area contributed by atoms with Crippen LogP contribution in [0.15, 0.2) is 12.1 Å². The first-order chi connectivity index (χ1) is 9.74. The van der Waals surface area contributed by atoms with Crippen LogP contribution in [0.4, 0.5) is 0 Å². The molecule has 1 unspecified atom stereocenters. The highest BCUT2D eigenvalue weighted by molar-refractivity contribution is 5.51. The van der Waals surface area contributed by atoms with Crippen LogP contribution in [0.2, 0.25) is 0 Å². The predicted molar refractivity (Wildman–Crippen MR) is 79.5 cm³/mol. The van der Waals surface area contributed by atoms with Crippen LogP contribution in [0.3, 0.4) is 0 Å². The Morgan fingerprint density at radius 2 is 2.00 bits per heavy atom. The maximum Gasteiger partial charge on any atom is 0.231 e. The average Bonchev–Trinajstić information content (AvgIpc) is 2.89. The summed E-state index contributed by atoms with van der Waals surface area (Å²) in [5, 5.41) is 3.33. The highest BCUT2D eigenvalue weighted by Crippen LogP contribution is 2.38. The van der Waals surface area contributed by atoms with E-state index < -0.39 is 0 Å². The molecule has 20 heavy (non-hydrogen) atoms. The summed E-state index contributed by atoms with van der Waals surface area (Å²) in [5.41, 5.74) is 1.12. The minimum absolute atomic E-state index is 0.297. The Morgan fingerprint density at radius 3 is 2.70 bits per heavy atom. The molecule has 0 radical (unpaired) electrons. The SMILES string of the molecule is CCCC(C)COc1cc2c(cc1CNCC)OCO2. The molecule has 1 aliphatic heterocycles. The fourth-order valence-electron chi connectivity index (χ4n) is 2.31. The van der Waals surface area contributed by atoms with Crippen molar-refractivity contribution in [2.24, 2.45) is 5.92 Å². The minimum atomic E-state index is 0.297. The lowest BCUT2D eigenvalue weighted by atomic mass is 10.1. The summed E-state index contributed by atoms with van der Waals surface area (Å²) in [5.74, 6) is 3.06. The summed E-state index contributed by atoms with van der Waals surface area (Å²) in [6.45, 7) is 9.27. The van der Waals surface area contributed by atoms with E-state index in [4.69, 9.17) is 14.2 Å². The van der Waals surface area contributed by atoms with Crippen LogP contribution in [0.25, 0.3) is 0 Å². The molecule has 0 fully saturated rings. The van der Waals surface area contributed by atoms with Crippen molar-refractivity contribution in [2.45, 2.75) is 40.2 Å². The van der Waals surface area contributed by atoms with Gasteiger partial charge in [-0.05, 0) is 24.9 Å². The molecule has 1 aliphatic rings. The molecular formula is C16H25NO3. The van der Waals surface area contributed by atoms with E-state index in [9.17, 15) is 0 Å². The normalized spacial score (nSPS) is 14.3. The zero-order chi connectivity index (χ0) is 14.4. The highest BCUT2D eigenvalue weighted by Gasteiger charge is 2.18. The van der Waals surface area contributed by atoms with Gasteiger partial charge in [0.2, 0.25) is 6.79 Å². The third-order valence-electron chi connectivity index (χ3n) is 3.43. The topological polar surface area (TPSA) is 39.7 Å². The molecule has 4 heteroatoms. The van der Waals surface area contributed by atoms with E-state index in [1.165, 1.54) is 12.8 Å². The molecule has 0 bridgehead atoms. The van der Waals surface area contributed by atoms with E-state index in [0.717, 1.165) is 42.5 Å². The zero-order valence-electron chi connectivity index (χ0n) is 12.7. The van der Waals surface area contributed by atoms with Crippen LogP contribution in [0, 0.1) is 5.92 Å². The van der Waals surface area contributed by atoms with Crippen molar-refractivity contribution in [3.05, 3.63) is 17.7 Å². The lowest BCUT2D eigenvalue weighted by Gasteiger charge is -2.16. The van der Waals surface area contributed by atoms with E-state index >= 15 is 0 Å². The monoisotopic (exact) mass is 279 g/mol. The van der Waals surface area contributed by atoms with Gasteiger partial charge in [0.15, 0.2) is 11.5 Å². The van der Waals surface area contributed by atoms with Crippen molar-refractivity contribution in [3.8, 4) is 17.2 Å². The predicted octanol–water partition coefficient (Wildman–Crippen LogP) is 3.34. The third-order valence-corrected chi connectivity index (χ3v) is 3.43. The lowest BCUT2D eigenvalue weighted by molar-refractivity contribution is 0.173. The number of nitrogens with one attached hydrogen (secondary N) is 1. The van der Waals surface area contributed by atoms with Crippen molar-refractivity contribution in [1.29, 1.82) is 0 Å². The smallest absolute Gasteiger partial charge is 0.231 e. The lowest BCUT2D eigenvalue weighted by Crippen LogP contribution is -2.14. The summed E-state index contributed by atoms with van der Waals surface area (Å²) in [4.78, 5) is 0. The van der Waals surface area contributed by atoms with Crippen molar-refractivity contribution in [2.75, 3.05) is 19.9 Å². The minimum Gasteiger partial charge on any atom is -0.493 e. The third kappa shape index (κ3) is 3.79. The van der Waals surface area contributed by atoms with Crippen LogP contribution >= 0.6 is 0 Å². The molecule has 0 amide bonds. The van der Waals surface area contributed by atoms with E-state index in [-0.39, 0.29) is 0 Å². The second-order valence-corrected chi connectivity index (χ2v) is 5.30. The molecule has 4 nitrogen and oxygen atoms in total. The van der Waals surface area contributed by atoms with Gasteiger partial charge in [0.25, 0.3) is 0 Å². The average molecular weight is 279 g/mol. The molecule has 2 rings (SSSR count). The van der Waals surface area contributed by atoms with Gasteiger partial charge >= 0.3 is 0 Å². The maximum absolute atomic E-state index is 6.00. The van der Waals surface area contributed by atoms with Crippen LogP contribution in [0.1, 0.15) is 39.2 Å². The summed E-state index contributed by atoms with van der Waals surface area (Å²) >= 11 is 0. The Labute approximate surface area is 121 Å². The standard InChI is InChI=1S/C16H25NO3/c1-4-6-12(3)10-18-14-8-16-15(19-11-20-16)7-13(14)9-17-5-2/h7-8,12,17H,4-6,9-11H2,1-3H3. The van der Waals surface area contributed by atoms with Gasteiger partial charge in [-0.15, -0.1) is 0 Å². The van der Waals surface area contributed by atoms with E-state index in [2.05, 4.69) is 26.1 Å². The molecule has 1 heterocycles. The van der Waals surface area contributed by atoms with Crippen LogP contribution in [-0.4, -0.2) is 19.9 Å². The maximum atomic E-state index is 6.00. The molecule has 0 aromatic heterocycles. The number of rotatable bonds is 8. The highest BCUT2D eigenvalue weighted by atomic mass is 16.7. The van der Waals surface area contributed by atoms with Crippen molar-refractivity contribution < 1.29 is 14.2 Å². The first-order valence-electron chi connectivity index (χ1n) is 7.50. The van der Waals surface area contributed by atoms with Gasteiger partial charge in [-0.1, -0.05) is 27.2 Å². The van der Waals surface area contributed by atoms with Crippen LogP contribution < -0.4 is 19.5 Å². The van der Waals surface area contributed by atoms with Crippen molar-refractivity contribution in [1.82, 2.24) is 5.32 Å².